The summed E-state index contributed by atoms with van der Waals surface area (Å²) >= 11 is 0. The van der Waals surface area contributed by atoms with Crippen molar-refractivity contribution in [2.75, 3.05) is 24.5 Å². The van der Waals surface area contributed by atoms with E-state index in [0.717, 1.165) is 0 Å². The van der Waals surface area contributed by atoms with Gasteiger partial charge in [-0.15, -0.1) is 0 Å². The predicted octanol–water partition coefficient (Wildman–Crippen LogP) is 0.382. The number of carbonyl (C=O) groups excluding carboxylic acids is 1. The zero-order chi connectivity index (χ0) is 15.7. The number of nitrogens with one attached hydrogen (secondary N) is 2. The van der Waals surface area contributed by atoms with E-state index in [9.17, 15) is 18.7 Å². The Kier molecular flexibility index (Phi) is 4.26. The van der Waals surface area contributed by atoms with Gasteiger partial charge in [-0.1, -0.05) is 6.07 Å². The van der Waals surface area contributed by atoms with Crippen molar-refractivity contribution < 1.29 is 18.7 Å². The van der Waals surface area contributed by atoms with Gasteiger partial charge in [-0.25, -0.2) is 8.78 Å². The van der Waals surface area contributed by atoms with Crippen LogP contribution in [0.5, 0.6) is 0 Å². The van der Waals surface area contributed by atoms with Crippen LogP contribution in [0.25, 0.3) is 0 Å². The average Bonchev–Trinajstić information content (AvgIpc) is 3.08. The first kappa shape index (κ1) is 15.2. The van der Waals surface area contributed by atoms with Gasteiger partial charge in [0.25, 0.3) is 0 Å². The Bertz CT molecular complexity index is 549. The van der Waals surface area contributed by atoms with E-state index in [1.807, 2.05) is 0 Å². The molecule has 0 spiro atoms. The Morgan fingerprint density at radius 3 is 2.73 bits per heavy atom. The molecule has 1 aromatic carbocycles. The van der Waals surface area contributed by atoms with Crippen LogP contribution in [0, 0.1) is 11.6 Å². The molecule has 3 rings (SSSR count). The van der Waals surface area contributed by atoms with Gasteiger partial charge < -0.3 is 20.6 Å². The van der Waals surface area contributed by atoms with Crippen molar-refractivity contribution in [1.29, 1.82) is 0 Å². The predicted molar refractivity (Wildman–Crippen MR) is 77.5 cm³/mol. The fourth-order valence-electron chi connectivity index (χ4n) is 3.09. The largest absolute Gasteiger partial charge is 0.392 e. The van der Waals surface area contributed by atoms with E-state index in [0.29, 0.717) is 32.5 Å². The molecule has 2 heterocycles. The summed E-state index contributed by atoms with van der Waals surface area (Å²) in [6.45, 7) is 1.28. The maximum atomic E-state index is 13.8. The highest BCUT2D eigenvalue weighted by atomic mass is 19.1. The van der Waals surface area contributed by atoms with Crippen LogP contribution in [0.4, 0.5) is 14.5 Å². The molecule has 0 radical (unpaired) electrons. The summed E-state index contributed by atoms with van der Waals surface area (Å²) in [7, 11) is 0. The molecule has 3 atom stereocenters. The molecule has 7 heteroatoms. The molecule has 0 aliphatic carbocycles. The summed E-state index contributed by atoms with van der Waals surface area (Å²) in [6, 6.07) is 3.25. The molecule has 0 bridgehead atoms. The molecule has 0 saturated carbocycles. The minimum atomic E-state index is -0.590. The Labute approximate surface area is 127 Å². The lowest BCUT2D eigenvalue weighted by Crippen LogP contribution is -2.46. The zero-order valence-corrected chi connectivity index (χ0v) is 12.1. The first-order valence-corrected chi connectivity index (χ1v) is 7.45. The SMILES string of the molecule is O=C(NC1CCN(c2c(F)cccc2F)C1)C1CC(O)CN1. The third kappa shape index (κ3) is 3.05. The maximum absolute atomic E-state index is 13.8. The fourth-order valence-corrected chi connectivity index (χ4v) is 3.09. The monoisotopic (exact) mass is 311 g/mol. The third-order valence-corrected chi connectivity index (χ3v) is 4.21. The molecule has 5 nitrogen and oxygen atoms in total. The minimum Gasteiger partial charge on any atom is -0.392 e. The molecule has 0 aromatic heterocycles. The summed E-state index contributed by atoms with van der Waals surface area (Å²) in [5.74, 6) is -1.35. The van der Waals surface area contributed by atoms with Crippen LogP contribution in [0.3, 0.4) is 0 Å². The Morgan fingerprint density at radius 2 is 2.09 bits per heavy atom. The van der Waals surface area contributed by atoms with Crippen molar-refractivity contribution in [2.45, 2.75) is 31.0 Å². The number of anilines is 1. The summed E-state index contributed by atoms with van der Waals surface area (Å²) < 4.78 is 27.5. The number of nitrogens with zero attached hydrogens (tertiary/aromatic N) is 1. The Balaban J connectivity index is 1.59. The van der Waals surface area contributed by atoms with E-state index >= 15 is 0 Å². The zero-order valence-electron chi connectivity index (χ0n) is 12.1. The van der Waals surface area contributed by atoms with Crippen LogP contribution < -0.4 is 15.5 Å². The number of benzene rings is 1. The second-order valence-corrected chi connectivity index (χ2v) is 5.86. The average molecular weight is 311 g/mol. The van der Waals surface area contributed by atoms with Crippen molar-refractivity contribution in [3.8, 4) is 0 Å². The normalized spacial score (nSPS) is 28.1. The number of aliphatic hydroxyl groups is 1. The molecule has 1 amide bonds. The van der Waals surface area contributed by atoms with E-state index in [1.165, 1.54) is 18.2 Å². The van der Waals surface area contributed by atoms with Crippen LogP contribution in [0.1, 0.15) is 12.8 Å². The van der Waals surface area contributed by atoms with Gasteiger partial charge >= 0.3 is 0 Å². The summed E-state index contributed by atoms with van der Waals surface area (Å²) in [5.41, 5.74) is -0.0336. The lowest BCUT2D eigenvalue weighted by molar-refractivity contribution is -0.123. The van der Waals surface area contributed by atoms with E-state index in [-0.39, 0.29) is 17.6 Å². The minimum absolute atomic E-state index is 0.0336. The molecule has 3 N–H and O–H groups in total. The summed E-state index contributed by atoms with van der Waals surface area (Å²) in [4.78, 5) is 13.7. The number of hydrogen-bond acceptors (Lipinski definition) is 4. The van der Waals surface area contributed by atoms with E-state index in [4.69, 9.17) is 0 Å². The van der Waals surface area contributed by atoms with E-state index in [1.54, 1.807) is 4.90 Å². The quantitative estimate of drug-likeness (QED) is 0.755. The molecule has 1 aromatic rings. The molecule has 120 valence electrons. The van der Waals surface area contributed by atoms with Gasteiger partial charge in [-0.2, -0.15) is 0 Å². The van der Waals surface area contributed by atoms with Crippen LogP contribution in [0.15, 0.2) is 18.2 Å². The van der Waals surface area contributed by atoms with Gasteiger partial charge in [0.1, 0.15) is 17.3 Å². The molecule has 2 fully saturated rings. The maximum Gasteiger partial charge on any atom is 0.237 e. The highest BCUT2D eigenvalue weighted by Crippen LogP contribution is 2.26. The molecule has 3 unspecified atom stereocenters. The number of rotatable bonds is 3. The summed E-state index contributed by atoms with van der Waals surface area (Å²) in [6.07, 6.45) is 0.530. The smallest absolute Gasteiger partial charge is 0.237 e. The number of para-hydroxylation sites is 1. The molecule has 2 aliphatic heterocycles. The molecule has 2 aliphatic rings. The number of aliphatic hydroxyl groups excluding tert-OH is 1. The third-order valence-electron chi connectivity index (χ3n) is 4.21. The number of hydrogen-bond donors (Lipinski definition) is 3. The number of β-amino-alcohol motifs (C(OH)–C–C–N with tert-alkyl or cyclic N) is 1. The number of amides is 1. The lowest BCUT2D eigenvalue weighted by atomic mass is 10.1. The molecule has 22 heavy (non-hydrogen) atoms. The standard InChI is InChI=1S/C15H19F2N3O2/c16-11-2-1-3-12(17)14(11)20-5-4-9(8-20)19-15(22)13-6-10(21)7-18-13/h1-3,9-10,13,18,21H,4-8H2,(H,19,22). The second kappa shape index (κ2) is 6.18. The lowest BCUT2D eigenvalue weighted by Gasteiger charge is -2.21. The first-order chi connectivity index (χ1) is 10.5. The number of carbonyl (C=O) groups is 1. The van der Waals surface area contributed by atoms with Gasteiger partial charge in [0.15, 0.2) is 0 Å². The van der Waals surface area contributed by atoms with Crippen LogP contribution >= 0.6 is 0 Å². The van der Waals surface area contributed by atoms with Gasteiger partial charge in [0.05, 0.1) is 12.1 Å². The first-order valence-electron chi connectivity index (χ1n) is 7.45. The fraction of sp³-hybridized carbons (Fsp3) is 0.533. The van der Waals surface area contributed by atoms with Crippen molar-refractivity contribution in [3.63, 3.8) is 0 Å². The van der Waals surface area contributed by atoms with Gasteiger partial charge in [0, 0.05) is 25.7 Å². The Morgan fingerprint density at radius 1 is 1.36 bits per heavy atom. The van der Waals surface area contributed by atoms with Crippen LogP contribution in [-0.2, 0) is 4.79 Å². The van der Waals surface area contributed by atoms with Crippen molar-refractivity contribution in [1.82, 2.24) is 10.6 Å². The Hall–Kier alpha value is -1.73. The van der Waals surface area contributed by atoms with E-state index in [2.05, 4.69) is 10.6 Å². The van der Waals surface area contributed by atoms with Crippen LogP contribution in [-0.4, -0.2) is 48.8 Å². The summed E-state index contributed by atoms with van der Waals surface area (Å²) in [5, 5.41) is 15.3. The molecular weight excluding hydrogens is 292 g/mol. The molecule has 2 saturated heterocycles. The van der Waals surface area contributed by atoms with Gasteiger partial charge in [0.2, 0.25) is 5.91 Å². The van der Waals surface area contributed by atoms with Crippen molar-refractivity contribution >= 4 is 11.6 Å². The van der Waals surface area contributed by atoms with Crippen LogP contribution in [0.2, 0.25) is 0 Å². The second-order valence-electron chi connectivity index (χ2n) is 5.86. The number of halogens is 2. The van der Waals surface area contributed by atoms with Gasteiger partial charge in [-0.05, 0) is 25.0 Å². The van der Waals surface area contributed by atoms with Gasteiger partial charge in [-0.3, -0.25) is 4.79 Å². The molecular formula is C15H19F2N3O2. The van der Waals surface area contributed by atoms with Crippen molar-refractivity contribution in [2.24, 2.45) is 0 Å². The van der Waals surface area contributed by atoms with E-state index < -0.39 is 23.8 Å². The topological polar surface area (TPSA) is 64.6 Å². The highest BCUT2D eigenvalue weighted by Gasteiger charge is 2.32. The highest BCUT2D eigenvalue weighted by molar-refractivity contribution is 5.82. The van der Waals surface area contributed by atoms with Crippen molar-refractivity contribution in [3.05, 3.63) is 29.8 Å².